The fourth-order valence-corrected chi connectivity index (χ4v) is 1.32. The Morgan fingerprint density at radius 3 is 2.93 bits per heavy atom. The van der Waals surface area contributed by atoms with Crippen molar-refractivity contribution in [3.8, 4) is 11.8 Å². The van der Waals surface area contributed by atoms with E-state index in [9.17, 15) is 0 Å². The second-order valence-electron chi connectivity index (χ2n) is 2.86. The van der Waals surface area contributed by atoms with E-state index in [0.717, 1.165) is 5.56 Å². The number of benzene rings is 1. The number of methoxy groups -OCH3 is 1. The van der Waals surface area contributed by atoms with Crippen LogP contribution in [0, 0.1) is 11.3 Å². The van der Waals surface area contributed by atoms with Crippen molar-refractivity contribution in [3.63, 3.8) is 0 Å². The molecule has 0 bridgehead atoms. The fraction of sp³-hybridized carbons (Fsp3) is 0.300. The second kappa shape index (κ2) is 4.85. The minimum absolute atomic E-state index is 0.283. The highest BCUT2D eigenvalue weighted by Crippen LogP contribution is 2.27. The largest absolute Gasteiger partial charge is 0.495 e. The van der Waals surface area contributed by atoms with Gasteiger partial charge in [0.15, 0.2) is 0 Å². The predicted octanol–water partition coefficient (Wildman–Crippen LogP) is 2.26. The molecule has 0 aromatic heterocycles. The van der Waals surface area contributed by atoms with Gasteiger partial charge in [0, 0.05) is 6.04 Å². The van der Waals surface area contributed by atoms with E-state index in [0.29, 0.717) is 10.8 Å². The van der Waals surface area contributed by atoms with Crippen LogP contribution in [0.4, 0.5) is 0 Å². The number of hydrogen-bond donors (Lipinski definition) is 1. The van der Waals surface area contributed by atoms with E-state index in [-0.39, 0.29) is 12.5 Å². The van der Waals surface area contributed by atoms with E-state index in [1.165, 1.54) is 0 Å². The first-order chi connectivity index (χ1) is 6.69. The quantitative estimate of drug-likeness (QED) is 0.833. The molecule has 1 unspecified atom stereocenters. The Hall–Kier alpha value is -1.24. The van der Waals surface area contributed by atoms with Crippen LogP contribution in [0.2, 0.25) is 5.02 Å². The van der Waals surface area contributed by atoms with E-state index in [2.05, 4.69) is 0 Å². The third-order valence-electron chi connectivity index (χ3n) is 1.91. The molecule has 3 nitrogen and oxygen atoms in total. The van der Waals surface area contributed by atoms with Crippen LogP contribution < -0.4 is 10.5 Å². The molecule has 0 radical (unpaired) electrons. The number of nitriles is 1. The summed E-state index contributed by atoms with van der Waals surface area (Å²) in [6.07, 6.45) is 0.283. The lowest BCUT2D eigenvalue weighted by Gasteiger charge is -2.10. The van der Waals surface area contributed by atoms with Crippen LogP contribution in [0.25, 0.3) is 0 Å². The minimum Gasteiger partial charge on any atom is -0.495 e. The molecular weight excluding hydrogens is 200 g/mol. The lowest BCUT2D eigenvalue weighted by Crippen LogP contribution is -2.09. The van der Waals surface area contributed by atoms with Crippen LogP contribution in [-0.2, 0) is 0 Å². The van der Waals surface area contributed by atoms with E-state index in [1.807, 2.05) is 6.07 Å². The summed E-state index contributed by atoms with van der Waals surface area (Å²) in [7, 11) is 1.54. The molecule has 4 heteroatoms. The van der Waals surface area contributed by atoms with Crippen molar-refractivity contribution in [1.82, 2.24) is 0 Å². The topological polar surface area (TPSA) is 59.0 Å². The molecule has 1 aromatic rings. The van der Waals surface area contributed by atoms with Crippen molar-refractivity contribution in [2.75, 3.05) is 7.11 Å². The maximum atomic E-state index is 8.49. The molecule has 0 spiro atoms. The summed E-state index contributed by atoms with van der Waals surface area (Å²) in [6, 6.07) is 7.00. The Morgan fingerprint density at radius 2 is 2.36 bits per heavy atom. The predicted molar refractivity (Wildman–Crippen MR) is 55.2 cm³/mol. The van der Waals surface area contributed by atoms with E-state index < -0.39 is 0 Å². The third-order valence-corrected chi connectivity index (χ3v) is 2.23. The lowest BCUT2D eigenvalue weighted by molar-refractivity contribution is 0.414. The SMILES string of the molecule is COc1cc(C(N)CC#N)ccc1Cl. The molecule has 1 rings (SSSR count). The zero-order valence-electron chi connectivity index (χ0n) is 7.83. The first kappa shape index (κ1) is 10.8. The Balaban J connectivity index is 2.95. The molecule has 0 aliphatic rings. The summed E-state index contributed by atoms with van der Waals surface area (Å²) >= 11 is 5.85. The fourth-order valence-electron chi connectivity index (χ4n) is 1.12. The Bertz CT molecular complexity index is 360. The van der Waals surface area contributed by atoms with Crippen LogP contribution in [-0.4, -0.2) is 7.11 Å². The van der Waals surface area contributed by atoms with Crippen molar-refractivity contribution >= 4 is 11.6 Å². The lowest BCUT2D eigenvalue weighted by atomic mass is 10.1. The van der Waals surface area contributed by atoms with Crippen LogP contribution in [0.5, 0.6) is 5.75 Å². The standard InChI is InChI=1S/C10H11ClN2O/c1-14-10-6-7(2-3-8(10)11)9(13)4-5-12/h2-3,6,9H,4,13H2,1H3. The van der Waals surface area contributed by atoms with Gasteiger partial charge < -0.3 is 10.5 Å². The molecule has 0 aliphatic carbocycles. The van der Waals surface area contributed by atoms with E-state index >= 15 is 0 Å². The molecule has 1 aromatic carbocycles. The molecule has 1 atom stereocenters. The summed E-state index contributed by atoms with van der Waals surface area (Å²) in [5.74, 6) is 0.581. The Kier molecular flexibility index (Phi) is 3.75. The smallest absolute Gasteiger partial charge is 0.137 e. The molecule has 0 saturated heterocycles. The van der Waals surface area contributed by atoms with Gasteiger partial charge in [-0.05, 0) is 17.7 Å². The molecule has 14 heavy (non-hydrogen) atoms. The van der Waals surface area contributed by atoms with E-state index in [4.69, 9.17) is 27.3 Å². The van der Waals surface area contributed by atoms with Gasteiger partial charge in [-0.2, -0.15) is 5.26 Å². The highest BCUT2D eigenvalue weighted by atomic mass is 35.5. The average molecular weight is 211 g/mol. The summed E-state index contributed by atoms with van der Waals surface area (Å²) in [5.41, 5.74) is 6.61. The van der Waals surface area contributed by atoms with Crippen molar-refractivity contribution < 1.29 is 4.74 Å². The normalized spacial score (nSPS) is 11.9. The maximum absolute atomic E-state index is 8.49. The van der Waals surface area contributed by atoms with Crippen LogP contribution in [0.15, 0.2) is 18.2 Å². The molecule has 0 aliphatic heterocycles. The van der Waals surface area contributed by atoms with Crippen LogP contribution in [0.3, 0.4) is 0 Å². The Morgan fingerprint density at radius 1 is 1.64 bits per heavy atom. The van der Waals surface area contributed by atoms with Gasteiger partial charge >= 0.3 is 0 Å². The first-order valence-electron chi connectivity index (χ1n) is 4.15. The number of nitrogens with two attached hydrogens (primary N) is 1. The number of hydrogen-bond acceptors (Lipinski definition) is 3. The number of ether oxygens (including phenoxy) is 1. The molecule has 74 valence electrons. The van der Waals surface area contributed by atoms with Gasteiger partial charge in [-0.25, -0.2) is 0 Å². The Labute approximate surface area is 88.0 Å². The van der Waals surface area contributed by atoms with Gasteiger partial charge in [0.25, 0.3) is 0 Å². The zero-order chi connectivity index (χ0) is 10.6. The van der Waals surface area contributed by atoms with Gasteiger partial charge in [-0.1, -0.05) is 17.7 Å². The molecule has 0 amide bonds. The van der Waals surface area contributed by atoms with Crippen molar-refractivity contribution in [2.24, 2.45) is 5.73 Å². The van der Waals surface area contributed by atoms with Gasteiger partial charge in [-0.15, -0.1) is 0 Å². The van der Waals surface area contributed by atoms with Crippen molar-refractivity contribution in [2.45, 2.75) is 12.5 Å². The minimum atomic E-state index is -0.286. The van der Waals surface area contributed by atoms with Gasteiger partial charge in [0.1, 0.15) is 5.75 Å². The maximum Gasteiger partial charge on any atom is 0.137 e. The van der Waals surface area contributed by atoms with Crippen LogP contribution >= 0.6 is 11.6 Å². The highest BCUT2D eigenvalue weighted by Gasteiger charge is 2.08. The molecule has 2 N–H and O–H groups in total. The molecule has 0 saturated carbocycles. The zero-order valence-corrected chi connectivity index (χ0v) is 8.58. The van der Waals surface area contributed by atoms with Gasteiger partial charge in [-0.3, -0.25) is 0 Å². The summed E-state index contributed by atoms with van der Waals surface area (Å²) < 4.78 is 5.04. The van der Waals surface area contributed by atoms with E-state index in [1.54, 1.807) is 25.3 Å². The number of halogens is 1. The summed E-state index contributed by atoms with van der Waals surface area (Å²) in [5, 5.41) is 9.03. The van der Waals surface area contributed by atoms with Crippen molar-refractivity contribution in [3.05, 3.63) is 28.8 Å². The van der Waals surface area contributed by atoms with Crippen molar-refractivity contribution in [1.29, 1.82) is 5.26 Å². The highest BCUT2D eigenvalue weighted by molar-refractivity contribution is 6.32. The van der Waals surface area contributed by atoms with Gasteiger partial charge in [0.2, 0.25) is 0 Å². The first-order valence-corrected chi connectivity index (χ1v) is 4.52. The summed E-state index contributed by atoms with van der Waals surface area (Å²) in [6.45, 7) is 0. The number of rotatable bonds is 3. The molecule has 0 fully saturated rings. The van der Waals surface area contributed by atoms with Gasteiger partial charge in [0.05, 0.1) is 24.6 Å². The third kappa shape index (κ3) is 2.38. The molecule has 0 heterocycles. The average Bonchev–Trinajstić information content (AvgIpc) is 2.19. The molecular formula is C10H11ClN2O. The number of nitrogens with zero attached hydrogens (tertiary/aromatic N) is 1. The monoisotopic (exact) mass is 210 g/mol. The van der Waals surface area contributed by atoms with Crippen LogP contribution in [0.1, 0.15) is 18.0 Å². The summed E-state index contributed by atoms with van der Waals surface area (Å²) in [4.78, 5) is 0. The second-order valence-corrected chi connectivity index (χ2v) is 3.27.